The molecule has 0 N–H and O–H groups in total. The largest absolute Gasteiger partial charge is 0.378 e. The van der Waals surface area contributed by atoms with Gasteiger partial charge in [-0.1, -0.05) is 78.7 Å². The Morgan fingerprint density at radius 2 is 1.70 bits per heavy atom. The Kier molecular flexibility index (Phi) is 6.99. The smallest absolute Gasteiger partial charge is 0.240 e. The van der Waals surface area contributed by atoms with Gasteiger partial charge in [0.25, 0.3) is 0 Å². The van der Waals surface area contributed by atoms with Crippen LogP contribution in [0.5, 0.6) is 0 Å². The molecule has 2 heterocycles. The summed E-state index contributed by atoms with van der Waals surface area (Å²) in [4.78, 5) is 15.5. The molecule has 1 aliphatic carbocycles. The molecule has 3 aromatic rings. The van der Waals surface area contributed by atoms with Gasteiger partial charge in [-0.25, -0.2) is 0 Å². The predicted octanol–water partition coefficient (Wildman–Crippen LogP) is 5.41. The number of carbonyl (C=O) groups excluding carboxylic acids is 1. The Hall–Kier alpha value is -2.35. The first-order chi connectivity index (χ1) is 16.2. The topological polar surface area (TPSA) is 60.2 Å². The SMILES string of the molecule is O=C([C@H](Sc1nnc(-c2ccccc2Cl)n1C1CCCC1)c1ccccc1)N1CCOCC1. The monoisotopic (exact) mass is 482 g/mol. The molecule has 0 spiro atoms. The highest BCUT2D eigenvalue weighted by Crippen LogP contribution is 2.42. The van der Waals surface area contributed by atoms with Crippen LogP contribution >= 0.6 is 23.4 Å². The minimum Gasteiger partial charge on any atom is -0.378 e. The van der Waals surface area contributed by atoms with E-state index in [1.54, 1.807) is 0 Å². The molecule has 0 unspecified atom stereocenters. The summed E-state index contributed by atoms with van der Waals surface area (Å²) in [5.41, 5.74) is 1.85. The number of rotatable bonds is 6. The second-order valence-electron chi connectivity index (χ2n) is 8.44. The van der Waals surface area contributed by atoms with Crippen molar-refractivity contribution in [2.45, 2.75) is 42.1 Å². The average molecular weight is 483 g/mol. The molecule has 1 aliphatic heterocycles. The maximum absolute atomic E-state index is 13.6. The molecule has 1 saturated heterocycles. The number of halogens is 1. The van der Waals surface area contributed by atoms with E-state index in [1.807, 2.05) is 59.5 Å². The second kappa shape index (κ2) is 10.3. The standard InChI is InChI=1S/C25H27ClN4O2S/c26-21-13-7-6-12-20(21)23-27-28-25(30(23)19-10-4-5-11-19)33-22(18-8-2-1-3-9-18)24(31)29-14-16-32-17-15-29/h1-3,6-9,12-13,19,22H,4-5,10-11,14-17H2/t22-/m1/s1. The summed E-state index contributed by atoms with van der Waals surface area (Å²) in [5, 5.41) is 10.2. The van der Waals surface area contributed by atoms with Crippen LogP contribution in [0.2, 0.25) is 5.02 Å². The van der Waals surface area contributed by atoms with Crippen molar-refractivity contribution in [2.24, 2.45) is 0 Å². The number of aromatic nitrogens is 3. The van der Waals surface area contributed by atoms with Crippen LogP contribution in [-0.4, -0.2) is 51.9 Å². The lowest BCUT2D eigenvalue weighted by Gasteiger charge is -2.30. The van der Waals surface area contributed by atoms with Gasteiger partial charge in [0.15, 0.2) is 11.0 Å². The fourth-order valence-corrected chi connectivity index (χ4v) is 6.03. The van der Waals surface area contributed by atoms with E-state index in [4.69, 9.17) is 16.3 Å². The Bertz CT molecular complexity index is 1090. The van der Waals surface area contributed by atoms with Gasteiger partial charge in [-0.2, -0.15) is 0 Å². The van der Waals surface area contributed by atoms with Crippen LogP contribution in [0.25, 0.3) is 11.4 Å². The number of hydrogen-bond donors (Lipinski definition) is 0. The number of nitrogens with zero attached hydrogens (tertiary/aromatic N) is 4. The highest BCUT2D eigenvalue weighted by atomic mass is 35.5. The Balaban J connectivity index is 1.54. The Morgan fingerprint density at radius 1 is 1.00 bits per heavy atom. The third-order valence-corrected chi connectivity index (χ3v) is 7.87. The van der Waals surface area contributed by atoms with Crippen molar-refractivity contribution in [1.82, 2.24) is 19.7 Å². The molecule has 1 amide bonds. The maximum Gasteiger partial charge on any atom is 0.240 e. The van der Waals surface area contributed by atoms with Gasteiger partial charge in [0.05, 0.1) is 18.2 Å². The van der Waals surface area contributed by atoms with Crippen LogP contribution in [-0.2, 0) is 9.53 Å². The van der Waals surface area contributed by atoms with Gasteiger partial charge in [0.2, 0.25) is 5.91 Å². The summed E-state index contributed by atoms with van der Waals surface area (Å²) in [6, 6.07) is 18.0. The highest BCUT2D eigenvalue weighted by Gasteiger charge is 2.32. The Morgan fingerprint density at radius 3 is 2.42 bits per heavy atom. The molecule has 2 aliphatic rings. The van der Waals surface area contributed by atoms with Gasteiger partial charge in [-0.15, -0.1) is 10.2 Å². The van der Waals surface area contributed by atoms with E-state index >= 15 is 0 Å². The average Bonchev–Trinajstić information content (AvgIpc) is 3.53. The van der Waals surface area contributed by atoms with E-state index in [9.17, 15) is 4.79 Å². The summed E-state index contributed by atoms with van der Waals surface area (Å²) < 4.78 is 7.69. The fraction of sp³-hybridized carbons (Fsp3) is 0.400. The van der Waals surface area contributed by atoms with Crippen molar-refractivity contribution < 1.29 is 9.53 Å². The van der Waals surface area contributed by atoms with E-state index in [0.29, 0.717) is 37.4 Å². The summed E-state index contributed by atoms with van der Waals surface area (Å²) in [5.74, 6) is 0.871. The number of morpholine rings is 1. The highest BCUT2D eigenvalue weighted by molar-refractivity contribution is 8.00. The molecule has 8 heteroatoms. The first-order valence-electron chi connectivity index (χ1n) is 11.5. The van der Waals surface area contributed by atoms with Crippen LogP contribution in [0.3, 0.4) is 0 Å². The molecule has 0 bridgehead atoms. The lowest BCUT2D eigenvalue weighted by atomic mass is 10.1. The van der Waals surface area contributed by atoms with Gasteiger partial charge < -0.3 is 9.64 Å². The number of benzene rings is 2. The van der Waals surface area contributed by atoms with Gasteiger partial charge >= 0.3 is 0 Å². The number of thioether (sulfide) groups is 1. The molecule has 33 heavy (non-hydrogen) atoms. The number of carbonyl (C=O) groups is 1. The Labute approximate surface area is 203 Å². The summed E-state index contributed by atoms with van der Waals surface area (Å²) >= 11 is 8.03. The third-order valence-electron chi connectivity index (χ3n) is 6.34. The number of amides is 1. The zero-order chi connectivity index (χ0) is 22.6. The second-order valence-corrected chi connectivity index (χ2v) is 9.92. The van der Waals surface area contributed by atoms with Gasteiger partial charge in [0.1, 0.15) is 5.25 Å². The summed E-state index contributed by atoms with van der Waals surface area (Å²) in [6.45, 7) is 2.38. The normalized spacial score (nSPS) is 17.9. The van der Waals surface area contributed by atoms with Crippen LogP contribution in [0.15, 0.2) is 59.8 Å². The molecule has 0 radical (unpaired) electrons. The van der Waals surface area contributed by atoms with Gasteiger partial charge in [-0.05, 0) is 30.5 Å². The zero-order valence-corrected chi connectivity index (χ0v) is 20.0. The van der Waals surface area contributed by atoms with Crippen LogP contribution in [0, 0.1) is 0 Å². The lowest BCUT2D eigenvalue weighted by molar-refractivity contribution is -0.134. The predicted molar refractivity (Wildman–Crippen MR) is 130 cm³/mol. The summed E-state index contributed by atoms with van der Waals surface area (Å²) in [6.07, 6.45) is 4.53. The fourth-order valence-electron chi connectivity index (χ4n) is 4.62. The van der Waals surface area contributed by atoms with Gasteiger partial charge in [0, 0.05) is 24.7 Å². The van der Waals surface area contributed by atoms with Crippen LogP contribution in [0.1, 0.15) is 42.5 Å². The molecule has 6 nitrogen and oxygen atoms in total. The summed E-state index contributed by atoms with van der Waals surface area (Å²) in [7, 11) is 0. The molecular formula is C25H27ClN4O2S. The molecule has 1 saturated carbocycles. The van der Waals surface area contributed by atoms with E-state index in [-0.39, 0.29) is 5.91 Å². The van der Waals surface area contributed by atoms with Crippen molar-refractivity contribution in [3.63, 3.8) is 0 Å². The first kappa shape index (κ1) is 22.4. The molecule has 2 fully saturated rings. The van der Waals surface area contributed by atoms with Crippen molar-refractivity contribution in [3.8, 4) is 11.4 Å². The number of ether oxygens (including phenoxy) is 1. The third kappa shape index (κ3) is 4.81. The number of hydrogen-bond acceptors (Lipinski definition) is 5. The van der Waals surface area contributed by atoms with Crippen molar-refractivity contribution in [2.75, 3.05) is 26.3 Å². The quantitative estimate of drug-likeness (QED) is 0.440. The molecule has 172 valence electrons. The van der Waals surface area contributed by atoms with Crippen molar-refractivity contribution in [3.05, 3.63) is 65.2 Å². The van der Waals surface area contributed by atoms with Gasteiger partial charge in [-0.3, -0.25) is 9.36 Å². The lowest BCUT2D eigenvalue weighted by Crippen LogP contribution is -2.42. The maximum atomic E-state index is 13.6. The van der Waals surface area contributed by atoms with E-state index < -0.39 is 5.25 Å². The van der Waals surface area contributed by atoms with E-state index in [0.717, 1.165) is 34.9 Å². The van der Waals surface area contributed by atoms with Crippen molar-refractivity contribution in [1.29, 1.82) is 0 Å². The molecule has 1 atom stereocenters. The van der Waals surface area contributed by atoms with E-state index in [2.05, 4.69) is 14.8 Å². The van der Waals surface area contributed by atoms with Crippen LogP contribution in [0.4, 0.5) is 0 Å². The molecule has 2 aromatic carbocycles. The molecular weight excluding hydrogens is 456 g/mol. The molecule has 5 rings (SSSR count). The minimum atomic E-state index is -0.396. The molecule has 1 aromatic heterocycles. The van der Waals surface area contributed by atoms with Crippen LogP contribution < -0.4 is 0 Å². The van der Waals surface area contributed by atoms with Crippen molar-refractivity contribution >= 4 is 29.3 Å². The van der Waals surface area contributed by atoms with E-state index in [1.165, 1.54) is 24.6 Å². The first-order valence-corrected chi connectivity index (χ1v) is 12.8. The minimum absolute atomic E-state index is 0.0924. The zero-order valence-electron chi connectivity index (χ0n) is 18.4.